The SMILES string of the molecule is c1ccc(C[C@@H]2CCC[NH2+]C2)cc1. The van der Waals surface area contributed by atoms with Gasteiger partial charge in [0.05, 0.1) is 13.1 Å². The number of nitrogens with two attached hydrogens (primary N) is 1. The fraction of sp³-hybridized carbons (Fsp3) is 0.500. The van der Waals surface area contributed by atoms with E-state index in [2.05, 4.69) is 35.6 Å². The fourth-order valence-electron chi connectivity index (χ4n) is 2.16. The normalized spacial score (nSPS) is 22.9. The molecular formula is C12H18N+. The minimum absolute atomic E-state index is 0.913. The highest BCUT2D eigenvalue weighted by Crippen LogP contribution is 2.13. The molecule has 0 bridgehead atoms. The van der Waals surface area contributed by atoms with Gasteiger partial charge >= 0.3 is 0 Å². The van der Waals surface area contributed by atoms with Gasteiger partial charge in [0, 0.05) is 5.92 Å². The first-order valence-electron chi connectivity index (χ1n) is 5.31. The van der Waals surface area contributed by atoms with Crippen LogP contribution < -0.4 is 5.32 Å². The van der Waals surface area contributed by atoms with Crippen molar-refractivity contribution in [3.63, 3.8) is 0 Å². The third kappa shape index (κ3) is 2.56. The number of hydrogen-bond donors (Lipinski definition) is 1. The Morgan fingerprint density at radius 2 is 2.08 bits per heavy atom. The van der Waals surface area contributed by atoms with Gasteiger partial charge < -0.3 is 5.32 Å². The zero-order valence-electron chi connectivity index (χ0n) is 8.08. The van der Waals surface area contributed by atoms with Crippen LogP contribution in [0.5, 0.6) is 0 Å². The fourth-order valence-corrected chi connectivity index (χ4v) is 2.16. The Labute approximate surface area is 80.2 Å². The van der Waals surface area contributed by atoms with Gasteiger partial charge in [-0.2, -0.15) is 0 Å². The van der Waals surface area contributed by atoms with Crippen LogP contribution in [-0.2, 0) is 6.42 Å². The van der Waals surface area contributed by atoms with E-state index in [1.54, 1.807) is 0 Å². The monoisotopic (exact) mass is 176 g/mol. The van der Waals surface area contributed by atoms with E-state index in [0.717, 1.165) is 5.92 Å². The quantitative estimate of drug-likeness (QED) is 0.697. The first kappa shape index (κ1) is 8.76. The number of piperidine rings is 1. The second-order valence-electron chi connectivity index (χ2n) is 4.01. The van der Waals surface area contributed by atoms with E-state index >= 15 is 0 Å². The van der Waals surface area contributed by atoms with Gasteiger partial charge in [-0.3, -0.25) is 0 Å². The molecule has 1 aliphatic heterocycles. The lowest BCUT2D eigenvalue weighted by molar-refractivity contribution is -0.668. The van der Waals surface area contributed by atoms with Gasteiger partial charge in [-0.1, -0.05) is 30.3 Å². The van der Waals surface area contributed by atoms with Crippen molar-refractivity contribution in [2.75, 3.05) is 13.1 Å². The topological polar surface area (TPSA) is 16.6 Å². The molecule has 0 aliphatic carbocycles. The summed E-state index contributed by atoms with van der Waals surface area (Å²) in [5, 5.41) is 2.46. The van der Waals surface area contributed by atoms with Crippen molar-refractivity contribution >= 4 is 0 Å². The van der Waals surface area contributed by atoms with Crippen LogP contribution >= 0.6 is 0 Å². The third-order valence-electron chi connectivity index (χ3n) is 2.89. The summed E-state index contributed by atoms with van der Waals surface area (Å²) in [6.45, 7) is 2.67. The van der Waals surface area contributed by atoms with Crippen LogP contribution in [0.3, 0.4) is 0 Å². The Balaban J connectivity index is 1.90. The molecule has 0 unspecified atom stereocenters. The molecule has 1 aromatic carbocycles. The number of rotatable bonds is 2. The maximum Gasteiger partial charge on any atom is 0.0787 e. The molecule has 1 saturated heterocycles. The number of benzene rings is 1. The van der Waals surface area contributed by atoms with Crippen LogP contribution in [0.4, 0.5) is 0 Å². The molecule has 0 saturated carbocycles. The summed E-state index contributed by atoms with van der Waals surface area (Å²) in [5.41, 5.74) is 1.50. The molecule has 0 amide bonds. The Morgan fingerprint density at radius 1 is 1.23 bits per heavy atom. The molecule has 1 atom stereocenters. The molecule has 0 spiro atoms. The van der Waals surface area contributed by atoms with Gasteiger partial charge in [0.25, 0.3) is 0 Å². The molecule has 1 heteroatoms. The average Bonchev–Trinajstić information content (AvgIpc) is 2.21. The lowest BCUT2D eigenvalue weighted by Crippen LogP contribution is -2.87. The summed E-state index contributed by atoms with van der Waals surface area (Å²) >= 11 is 0. The van der Waals surface area contributed by atoms with Crippen LogP contribution in [0.1, 0.15) is 18.4 Å². The van der Waals surface area contributed by atoms with Gasteiger partial charge in [0.2, 0.25) is 0 Å². The Morgan fingerprint density at radius 3 is 2.77 bits per heavy atom. The van der Waals surface area contributed by atoms with E-state index in [-0.39, 0.29) is 0 Å². The first-order valence-corrected chi connectivity index (χ1v) is 5.31. The van der Waals surface area contributed by atoms with Gasteiger partial charge in [0.1, 0.15) is 0 Å². The summed E-state index contributed by atoms with van der Waals surface area (Å²) in [6, 6.07) is 10.9. The van der Waals surface area contributed by atoms with Gasteiger partial charge in [-0.25, -0.2) is 0 Å². The van der Waals surface area contributed by atoms with Crippen molar-refractivity contribution in [2.45, 2.75) is 19.3 Å². The molecule has 1 aliphatic rings. The molecule has 1 nitrogen and oxygen atoms in total. The summed E-state index contributed by atoms with van der Waals surface area (Å²) in [7, 11) is 0. The first-order chi connectivity index (χ1) is 6.45. The summed E-state index contributed by atoms with van der Waals surface area (Å²) in [6.07, 6.45) is 4.10. The Kier molecular flexibility index (Phi) is 2.98. The van der Waals surface area contributed by atoms with Crippen molar-refractivity contribution in [3.8, 4) is 0 Å². The number of hydrogen-bond acceptors (Lipinski definition) is 0. The molecule has 13 heavy (non-hydrogen) atoms. The standard InChI is InChI=1S/C12H17N/c1-2-5-11(6-3-1)9-12-7-4-8-13-10-12/h1-3,5-6,12-13H,4,7-10H2/p+1/t12-/m0/s1. The Bertz CT molecular complexity index is 237. The summed E-state index contributed by atoms with van der Waals surface area (Å²) < 4.78 is 0. The van der Waals surface area contributed by atoms with E-state index in [1.165, 1.54) is 37.9 Å². The van der Waals surface area contributed by atoms with Gasteiger partial charge in [-0.05, 0) is 24.8 Å². The largest absolute Gasteiger partial charge is 0.346 e. The molecular weight excluding hydrogens is 158 g/mol. The molecule has 1 fully saturated rings. The Hall–Kier alpha value is -0.820. The van der Waals surface area contributed by atoms with Crippen LogP contribution in [0.2, 0.25) is 0 Å². The van der Waals surface area contributed by atoms with Crippen LogP contribution in [0.15, 0.2) is 30.3 Å². The highest BCUT2D eigenvalue weighted by Gasteiger charge is 2.15. The van der Waals surface area contributed by atoms with E-state index in [1.807, 2.05) is 0 Å². The highest BCUT2D eigenvalue weighted by molar-refractivity contribution is 5.15. The second kappa shape index (κ2) is 4.43. The molecule has 1 heterocycles. The van der Waals surface area contributed by atoms with Crippen LogP contribution in [0, 0.1) is 5.92 Å². The zero-order chi connectivity index (χ0) is 8.93. The van der Waals surface area contributed by atoms with Crippen molar-refractivity contribution in [1.29, 1.82) is 0 Å². The molecule has 2 N–H and O–H groups in total. The maximum atomic E-state index is 2.46. The van der Waals surface area contributed by atoms with Gasteiger partial charge in [0.15, 0.2) is 0 Å². The second-order valence-corrected chi connectivity index (χ2v) is 4.01. The highest BCUT2D eigenvalue weighted by atomic mass is 14.9. The third-order valence-corrected chi connectivity index (χ3v) is 2.89. The van der Waals surface area contributed by atoms with Crippen molar-refractivity contribution < 1.29 is 5.32 Å². The van der Waals surface area contributed by atoms with Crippen molar-refractivity contribution in [3.05, 3.63) is 35.9 Å². The van der Waals surface area contributed by atoms with Gasteiger partial charge in [-0.15, -0.1) is 0 Å². The lowest BCUT2D eigenvalue weighted by atomic mass is 9.92. The van der Waals surface area contributed by atoms with E-state index in [0.29, 0.717) is 0 Å². The van der Waals surface area contributed by atoms with Crippen LogP contribution in [-0.4, -0.2) is 13.1 Å². The van der Waals surface area contributed by atoms with Crippen LogP contribution in [0.25, 0.3) is 0 Å². The van der Waals surface area contributed by atoms with E-state index < -0.39 is 0 Å². The lowest BCUT2D eigenvalue weighted by Gasteiger charge is -2.19. The van der Waals surface area contributed by atoms with Crippen molar-refractivity contribution in [1.82, 2.24) is 0 Å². The molecule has 1 aromatic rings. The van der Waals surface area contributed by atoms with E-state index in [9.17, 15) is 0 Å². The molecule has 2 rings (SSSR count). The predicted octanol–water partition coefficient (Wildman–Crippen LogP) is 1.20. The minimum Gasteiger partial charge on any atom is -0.346 e. The average molecular weight is 176 g/mol. The number of quaternary nitrogens is 1. The minimum atomic E-state index is 0.913. The summed E-state index contributed by atoms with van der Waals surface area (Å²) in [5.74, 6) is 0.913. The summed E-state index contributed by atoms with van der Waals surface area (Å²) in [4.78, 5) is 0. The molecule has 0 radical (unpaired) electrons. The van der Waals surface area contributed by atoms with Crippen molar-refractivity contribution in [2.24, 2.45) is 5.92 Å². The smallest absolute Gasteiger partial charge is 0.0787 e. The van der Waals surface area contributed by atoms with E-state index in [4.69, 9.17) is 0 Å². The molecule has 0 aromatic heterocycles. The zero-order valence-corrected chi connectivity index (χ0v) is 8.08. The predicted molar refractivity (Wildman–Crippen MR) is 54.5 cm³/mol. The molecule has 70 valence electrons. The maximum absolute atomic E-state index is 2.46.